The van der Waals surface area contributed by atoms with Crippen LogP contribution in [-0.2, 0) is 0 Å². The van der Waals surface area contributed by atoms with E-state index in [9.17, 15) is 4.79 Å². The van der Waals surface area contributed by atoms with Crippen molar-refractivity contribution in [2.45, 2.75) is 33.2 Å². The Bertz CT molecular complexity index is 444. The van der Waals surface area contributed by atoms with Crippen LogP contribution in [0.4, 0.5) is 0 Å². The van der Waals surface area contributed by atoms with Gasteiger partial charge in [-0.05, 0) is 59.8 Å². The molecule has 17 heavy (non-hydrogen) atoms. The number of hydrogen-bond donors (Lipinski definition) is 0. The number of hydrogen-bond acceptors (Lipinski definition) is 1. The smallest absolute Gasteiger partial charge is 0.255 e. The minimum atomic E-state index is 0.147. The normalized spacial score (nSPS) is 24.1. The van der Waals surface area contributed by atoms with Gasteiger partial charge in [0.2, 0.25) is 0 Å². The minimum absolute atomic E-state index is 0.147. The highest BCUT2D eigenvalue weighted by molar-refractivity contribution is 9.10. The van der Waals surface area contributed by atoms with Gasteiger partial charge in [0, 0.05) is 17.1 Å². The molecule has 1 heterocycles. The van der Waals surface area contributed by atoms with Crippen molar-refractivity contribution in [2.24, 2.45) is 5.92 Å². The average molecular weight is 296 g/mol. The van der Waals surface area contributed by atoms with Crippen molar-refractivity contribution >= 4 is 21.8 Å². The van der Waals surface area contributed by atoms with Crippen LogP contribution in [0.2, 0.25) is 0 Å². The maximum absolute atomic E-state index is 12.4. The third kappa shape index (κ3) is 2.54. The molecular formula is C14H18BrNO. The highest BCUT2D eigenvalue weighted by Crippen LogP contribution is 2.27. The molecule has 1 fully saturated rings. The number of amides is 1. The van der Waals surface area contributed by atoms with E-state index in [4.69, 9.17) is 0 Å². The summed E-state index contributed by atoms with van der Waals surface area (Å²) in [6.07, 6.45) is 1.11. The fourth-order valence-electron chi connectivity index (χ4n) is 2.53. The Morgan fingerprint density at radius 2 is 2.12 bits per heavy atom. The van der Waals surface area contributed by atoms with Crippen LogP contribution in [0, 0.1) is 12.8 Å². The zero-order chi connectivity index (χ0) is 12.6. The van der Waals surface area contributed by atoms with Crippen LogP contribution >= 0.6 is 15.9 Å². The molecule has 1 saturated heterocycles. The van der Waals surface area contributed by atoms with Crippen molar-refractivity contribution in [3.8, 4) is 0 Å². The molecule has 2 atom stereocenters. The molecule has 92 valence electrons. The number of carbonyl (C=O) groups is 1. The molecule has 1 amide bonds. The van der Waals surface area contributed by atoms with Gasteiger partial charge in [0.1, 0.15) is 0 Å². The van der Waals surface area contributed by atoms with Crippen molar-refractivity contribution in [1.29, 1.82) is 0 Å². The van der Waals surface area contributed by atoms with E-state index in [1.54, 1.807) is 0 Å². The van der Waals surface area contributed by atoms with Crippen LogP contribution in [-0.4, -0.2) is 23.4 Å². The average Bonchev–Trinajstić information content (AvgIpc) is 2.57. The Morgan fingerprint density at radius 3 is 2.65 bits per heavy atom. The van der Waals surface area contributed by atoms with Crippen LogP contribution in [0.25, 0.3) is 0 Å². The number of rotatable bonds is 1. The molecule has 1 aromatic rings. The van der Waals surface area contributed by atoms with E-state index < -0.39 is 0 Å². The highest BCUT2D eigenvalue weighted by atomic mass is 79.9. The SMILES string of the molecule is Cc1ccc(C(=O)N2CC(C)CC2C)c(Br)c1. The molecule has 1 aromatic carbocycles. The number of benzene rings is 1. The van der Waals surface area contributed by atoms with Crippen molar-refractivity contribution in [1.82, 2.24) is 4.90 Å². The predicted molar refractivity (Wildman–Crippen MR) is 73.2 cm³/mol. The second-order valence-corrected chi connectivity index (χ2v) is 5.99. The van der Waals surface area contributed by atoms with Gasteiger partial charge < -0.3 is 4.90 Å². The van der Waals surface area contributed by atoms with E-state index in [1.807, 2.05) is 30.0 Å². The monoisotopic (exact) mass is 295 g/mol. The van der Waals surface area contributed by atoms with Gasteiger partial charge in [0.05, 0.1) is 5.56 Å². The van der Waals surface area contributed by atoms with Crippen molar-refractivity contribution in [3.63, 3.8) is 0 Å². The van der Waals surface area contributed by atoms with Gasteiger partial charge in [-0.2, -0.15) is 0 Å². The van der Waals surface area contributed by atoms with E-state index in [2.05, 4.69) is 29.8 Å². The van der Waals surface area contributed by atoms with E-state index in [1.165, 1.54) is 0 Å². The van der Waals surface area contributed by atoms with Crippen LogP contribution in [0.1, 0.15) is 36.2 Å². The number of aryl methyl sites for hydroxylation is 1. The largest absolute Gasteiger partial charge is 0.336 e. The third-order valence-corrected chi connectivity index (χ3v) is 4.06. The quantitative estimate of drug-likeness (QED) is 0.775. The molecule has 0 bridgehead atoms. The number of carbonyl (C=O) groups excluding carboxylic acids is 1. The van der Waals surface area contributed by atoms with Gasteiger partial charge in [-0.25, -0.2) is 0 Å². The van der Waals surface area contributed by atoms with Crippen LogP contribution in [0.15, 0.2) is 22.7 Å². The number of nitrogens with zero attached hydrogens (tertiary/aromatic N) is 1. The van der Waals surface area contributed by atoms with Crippen LogP contribution in [0.3, 0.4) is 0 Å². The van der Waals surface area contributed by atoms with Gasteiger partial charge in [-0.3, -0.25) is 4.79 Å². The Labute approximate surface area is 111 Å². The zero-order valence-corrected chi connectivity index (χ0v) is 12.1. The van der Waals surface area contributed by atoms with E-state index in [0.29, 0.717) is 12.0 Å². The van der Waals surface area contributed by atoms with Gasteiger partial charge in [0.25, 0.3) is 5.91 Å². The lowest BCUT2D eigenvalue weighted by molar-refractivity contribution is 0.0743. The molecule has 2 rings (SSSR count). The van der Waals surface area contributed by atoms with Gasteiger partial charge in [-0.1, -0.05) is 13.0 Å². The second-order valence-electron chi connectivity index (χ2n) is 5.13. The molecule has 0 aromatic heterocycles. The molecule has 1 aliphatic heterocycles. The Morgan fingerprint density at radius 1 is 1.41 bits per heavy atom. The summed E-state index contributed by atoms with van der Waals surface area (Å²) in [5.74, 6) is 0.756. The molecular weight excluding hydrogens is 278 g/mol. The van der Waals surface area contributed by atoms with Crippen LogP contribution < -0.4 is 0 Å². The first-order valence-electron chi connectivity index (χ1n) is 6.06. The number of halogens is 1. The summed E-state index contributed by atoms with van der Waals surface area (Å²) >= 11 is 3.48. The summed E-state index contributed by atoms with van der Waals surface area (Å²) < 4.78 is 0.897. The lowest BCUT2D eigenvalue weighted by Gasteiger charge is -2.22. The molecule has 0 spiro atoms. The number of likely N-dealkylation sites (tertiary alicyclic amines) is 1. The molecule has 0 N–H and O–H groups in total. The maximum Gasteiger partial charge on any atom is 0.255 e. The maximum atomic E-state index is 12.4. The Kier molecular flexibility index (Phi) is 3.57. The first-order valence-corrected chi connectivity index (χ1v) is 6.85. The van der Waals surface area contributed by atoms with Gasteiger partial charge >= 0.3 is 0 Å². The van der Waals surface area contributed by atoms with Crippen molar-refractivity contribution in [3.05, 3.63) is 33.8 Å². The first-order chi connectivity index (χ1) is 7.99. The van der Waals surface area contributed by atoms with Crippen molar-refractivity contribution in [2.75, 3.05) is 6.54 Å². The fraction of sp³-hybridized carbons (Fsp3) is 0.500. The summed E-state index contributed by atoms with van der Waals surface area (Å²) in [6.45, 7) is 7.23. The molecule has 0 aliphatic carbocycles. The van der Waals surface area contributed by atoms with E-state index in [-0.39, 0.29) is 5.91 Å². The molecule has 0 radical (unpaired) electrons. The summed E-state index contributed by atoms with van der Waals surface area (Å²) in [5, 5.41) is 0. The Hall–Kier alpha value is -0.830. The molecule has 2 nitrogen and oxygen atoms in total. The summed E-state index contributed by atoms with van der Waals surface area (Å²) in [7, 11) is 0. The van der Waals surface area contributed by atoms with Gasteiger partial charge in [0.15, 0.2) is 0 Å². The second kappa shape index (κ2) is 4.81. The van der Waals surface area contributed by atoms with E-state index in [0.717, 1.165) is 28.6 Å². The molecule has 2 unspecified atom stereocenters. The molecule has 3 heteroatoms. The summed E-state index contributed by atoms with van der Waals surface area (Å²) in [4.78, 5) is 14.4. The predicted octanol–water partition coefficient (Wildman–Crippen LogP) is 3.63. The highest BCUT2D eigenvalue weighted by Gasteiger charge is 2.31. The summed E-state index contributed by atoms with van der Waals surface area (Å²) in [6, 6.07) is 6.25. The fourth-order valence-corrected chi connectivity index (χ4v) is 3.19. The van der Waals surface area contributed by atoms with E-state index >= 15 is 0 Å². The minimum Gasteiger partial charge on any atom is -0.336 e. The third-order valence-electron chi connectivity index (χ3n) is 3.40. The molecule has 0 saturated carbocycles. The standard InChI is InChI=1S/C14H18BrNO/c1-9-4-5-12(13(15)7-9)14(17)16-8-10(2)6-11(16)3/h4-5,7,10-11H,6,8H2,1-3H3. The first kappa shape index (κ1) is 12.6. The Balaban J connectivity index is 2.25. The van der Waals surface area contributed by atoms with Crippen LogP contribution in [0.5, 0.6) is 0 Å². The lowest BCUT2D eigenvalue weighted by atomic mass is 10.1. The zero-order valence-electron chi connectivity index (χ0n) is 10.5. The topological polar surface area (TPSA) is 20.3 Å². The molecule has 1 aliphatic rings. The van der Waals surface area contributed by atoms with Gasteiger partial charge in [-0.15, -0.1) is 0 Å². The summed E-state index contributed by atoms with van der Waals surface area (Å²) in [5.41, 5.74) is 1.94. The lowest BCUT2D eigenvalue weighted by Crippen LogP contribution is -2.34. The van der Waals surface area contributed by atoms with Crippen molar-refractivity contribution < 1.29 is 4.79 Å².